The standard InChI is InChI=1S/C17H25ClN2O4.ClH/c1-10(2)9-24-16-13(18)4-11(5-15(16)23-3)17(22)20-7-12-6-19-8-14(12)21;/h4-5,10,12,14,19,21H,6-9H2,1-3H3,(H,20,22);1H. The first-order valence-electron chi connectivity index (χ1n) is 8.09. The highest BCUT2D eigenvalue weighted by atomic mass is 35.5. The van der Waals surface area contributed by atoms with Gasteiger partial charge in [0.1, 0.15) is 0 Å². The van der Waals surface area contributed by atoms with Crippen LogP contribution in [0, 0.1) is 11.8 Å². The third kappa shape index (κ3) is 5.92. The molecule has 0 aliphatic carbocycles. The fraction of sp³-hybridized carbons (Fsp3) is 0.588. The van der Waals surface area contributed by atoms with Gasteiger partial charge in [-0.05, 0) is 18.1 Å². The number of benzene rings is 1. The average molecular weight is 393 g/mol. The number of rotatable bonds is 7. The van der Waals surface area contributed by atoms with Crippen molar-refractivity contribution < 1.29 is 19.4 Å². The number of aliphatic hydroxyl groups excluding tert-OH is 1. The number of halogens is 2. The molecule has 0 aromatic heterocycles. The maximum atomic E-state index is 12.3. The lowest BCUT2D eigenvalue weighted by molar-refractivity contribution is 0.0926. The van der Waals surface area contributed by atoms with E-state index in [0.29, 0.717) is 54.2 Å². The molecular weight excluding hydrogens is 367 g/mol. The van der Waals surface area contributed by atoms with Crippen molar-refractivity contribution >= 4 is 29.9 Å². The predicted molar refractivity (Wildman–Crippen MR) is 100 cm³/mol. The molecule has 6 nitrogen and oxygen atoms in total. The molecule has 1 saturated heterocycles. The van der Waals surface area contributed by atoms with E-state index in [1.807, 2.05) is 13.8 Å². The maximum Gasteiger partial charge on any atom is 0.251 e. The zero-order valence-electron chi connectivity index (χ0n) is 14.7. The normalized spacial score (nSPS) is 19.4. The average Bonchev–Trinajstić information content (AvgIpc) is 2.95. The molecule has 2 atom stereocenters. The molecule has 8 heteroatoms. The number of carbonyl (C=O) groups excluding carboxylic acids is 1. The Bertz CT molecular complexity index is 584. The van der Waals surface area contributed by atoms with Crippen LogP contribution in [0.3, 0.4) is 0 Å². The number of hydrogen-bond donors (Lipinski definition) is 3. The second kappa shape index (κ2) is 10.1. The Balaban J connectivity index is 0.00000312. The molecular formula is C17H26Cl2N2O4. The molecule has 0 spiro atoms. The molecule has 1 amide bonds. The van der Waals surface area contributed by atoms with E-state index < -0.39 is 6.10 Å². The Hall–Kier alpha value is -1.21. The topological polar surface area (TPSA) is 79.8 Å². The lowest BCUT2D eigenvalue weighted by Crippen LogP contribution is -2.34. The van der Waals surface area contributed by atoms with Crippen LogP contribution in [-0.2, 0) is 0 Å². The smallest absolute Gasteiger partial charge is 0.251 e. The maximum absolute atomic E-state index is 12.3. The van der Waals surface area contributed by atoms with Crippen molar-refractivity contribution in [3.63, 3.8) is 0 Å². The van der Waals surface area contributed by atoms with Crippen LogP contribution in [0.1, 0.15) is 24.2 Å². The van der Waals surface area contributed by atoms with Crippen LogP contribution in [0.25, 0.3) is 0 Å². The molecule has 0 bridgehead atoms. The van der Waals surface area contributed by atoms with E-state index in [1.165, 1.54) is 7.11 Å². The van der Waals surface area contributed by atoms with Crippen molar-refractivity contribution in [1.82, 2.24) is 10.6 Å². The highest BCUT2D eigenvalue weighted by Gasteiger charge is 2.25. The summed E-state index contributed by atoms with van der Waals surface area (Å²) in [5, 5.41) is 16.0. The Kier molecular flexibility index (Phi) is 8.79. The summed E-state index contributed by atoms with van der Waals surface area (Å²) in [5.41, 5.74) is 0.397. The zero-order valence-corrected chi connectivity index (χ0v) is 16.2. The quantitative estimate of drug-likeness (QED) is 0.661. The molecule has 1 aromatic rings. The van der Waals surface area contributed by atoms with Crippen molar-refractivity contribution in [2.24, 2.45) is 11.8 Å². The van der Waals surface area contributed by atoms with Gasteiger partial charge in [0.2, 0.25) is 0 Å². The minimum atomic E-state index is -0.435. The lowest BCUT2D eigenvalue weighted by atomic mass is 10.1. The van der Waals surface area contributed by atoms with Gasteiger partial charge in [-0.1, -0.05) is 25.4 Å². The van der Waals surface area contributed by atoms with E-state index in [4.69, 9.17) is 21.1 Å². The highest BCUT2D eigenvalue weighted by Crippen LogP contribution is 2.36. The predicted octanol–water partition coefficient (Wildman–Crippen LogP) is 2.12. The number of aliphatic hydroxyl groups is 1. The van der Waals surface area contributed by atoms with Crippen LogP contribution in [0.5, 0.6) is 11.5 Å². The van der Waals surface area contributed by atoms with Crippen LogP contribution in [0.15, 0.2) is 12.1 Å². The number of carbonyl (C=O) groups is 1. The number of ether oxygens (including phenoxy) is 2. The Morgan fingerprint density at radius 3 is 2.72 bits per heavy atom. The highest BCUT2D eigenvalue weighted by molar-refractivity contribution is 6.32. The molecule has 2 rings (SSSR count). The Morgan fingerprint density at radius 2 is 2.16 bits per heavy atom. The summed E-state index contributed by atoms with van der Waals surface area (Å²) >= 11 is 6.26. The van der Waals surface area contributed by atoms with Crippen LogP contribution in [0.4, 0.5) is 0 Å². The Morgan fingerprint density at radius 1 is 1.44 bits per heavy atom. The molecule has 1 aliphatic rings. The SMILES string of the molecule is COc1cc(C(=O)NCC2CNCC2O)cc(Cl)c1OCC(C)C.Cl. The molecule has 25 heavy (non-hydrogen) atoms. The molecule has 3 N–H and O–H groups in total. The molecule has 0 saturated carbocycles. The number of amides is 1. The van der Waals surface area contributed by atoms with Gasteiger partial charge in [0.15, 0.2) is 11.5 Å². The zero-order chi connectivity index (χ0) is 17.7. The number of β-amino-alcohol motifs (C(OH)–C–C–N with tert-alkyl or cyclic N) is 1. The van der Waals surface area contributed by atoms with Crippen LogP contribution >= 0.6 is 24.0 Å². The molecule has 0 radical (unpaired) electrons. The van der Waals surface area contributed by atoms with Gasteiger partial charge in [0.25, 0.3) is 5.91 Å². The third-order valence-electron chi connectivity index (χ3n) is 3.88. The second-order valence-electron chi connectivity index (χ2n) is 6.39. The van der Waals surface area contributed by atoms with Crippen LogP contribution in [-0.4, -0.2) is 50.5 Å². The van der Waals surface area contributed by atoms with Gasteiger partial charge in [-0.3, -0.25) is 4.79 Å². The summed E-state index contributed by atoms with van der Waals surface area (Å²) in [6.07, 6.45) is -0.435. The van der Waals surface area contributed by atoms with E-state index >= 15 is 0 Å². The van der Waals surface area contributed by atoms with Crippen LogP contribution < -0.4 is 20.1 Å². The summed E-state index contributed by atoms with van der Waals surface area (Å²) in [6, 6.07) is 3.18. The molecule has 1 aromatic carbocycles. The van der Waals surface area contributed by atoms with Gasteiger partial charge >= 0.3 is 0 Å². The first-order valence-corrected chi connectivity index (χ1v) is 8.47. The fourth-order valence-corrected chi connectivity index (χ4v) is 2.76. The van der Waals surface area contributed by atoms with E-state index in [0.717, 1.165) is 0 Å². The van der Waals surface area contributed by atoms with Crippen molar-refractivity contribution in [3.05, 3.63) is 22.7 Å². The van der Waals surface area contributed by atoms with Crippen molar-refractivity contribution in [1.29, 1.82) is 0 Å². The van der Waals surface area contributed by atoms with E-state index in [1.54, 1.807) is 12.1 Å². The Labute approximate surface area is 159 Å². The minimum Gasteiger partial charge on any atom is -0.493 e. The molecule has 1 heterocycles. The number of hydrogen-bond acceptors (Lipinski definition) is 5. The molecule has 2 unspecified atom stereocenters. The van der Waals surface area contributed by atoms with Crippen LogP contribution in [0.2, 0.25) is 5.02 Å². The van der Waals surface area contributed by atoms with Crippen molar-refractivity contribution in [3.8, 4) is 11.5 Å². The van der Waals surface area contributed by atoms with Gasteiger partial charge in [-0.25, -0.2) is 0 Å². The van der Waals surface area contributed by atoms with Crippen molar-refractivity contribution in [2.45, 2.75) is 20.0 Å². The molecule has 142 valence electrons. The summed E-state index contributed by atoms with van der Waals surface area (Å²) in [5.74, 6) is 0.973. The van der Waals surface area contributed by atoms with E-state index in [2.05, 4.69) is 10.6 Å². The number of methoxy groups -OCH3 is 1. The van der Waals surface area contributed by atoms with E-state index in [-0.39, 0.29) is 24.2 Å². The summed E-state index contributed by atoms with van der Waals surface area (Å²) in [7, 11) is 1.51. The van der Waals surface area contributed by atoms with Gasteiger partial charge < -0.3 is 25.2 Å². The van der Waals surface area contributed by atoms with Gasteiger partial charge in [-0.2, -0.15) is 0 Å². The second-order valence-corrected chi connectivity index (χ2v) is 6.80. The molecule has 1 fully saturated rings. The van der Waals surface area contributed by atoms with Crippen molar-refractivity contribution in [2.75, 3.05) is 33.4 Å². The van der Waals surface area contributed by atoms with Gasteiger partial charge in [-0.15, -0.1) is 12.4 Å². The monoisotopic (exact) mass is 392 g/mol. The largest absolute Gasteiger partial charge is 0.493 e. The summed E-state index contributed by atoms with van der Waals surface area (Å²) < 4.78 is 11.0. The lowest BCUT2D eigenvalue weighted by Gasteiger charge is -2.17. The third-order valence-corrected chi connectivity index (χ3v) is 4.16. The summed E-state index contributed by atoms with van der Waals surface area (Å²) in [6.45, 7) is 6.23. The number of nitrogens with one attached hydrogen (secondary N) is 2. The summed E-state index contributed by atoms with van der Waals surface area (Å²) in [4.78, 5) is 12.3. The minimum absolute atomic E-state index is 0. The fourth-order valence-electron chi connectivity index (χ4n) is 2.49. The van der Waals surface area contributed by atoms with Gasteiger partial charge in [0, 0.05) is 31.1 Å². The van der Waals surface area contributed by atoms with Gasteiger partial charge in [0.05, 0.1) is 24.8 Å². The first-order chi connectivity index (χ1) is 11.4. The van der Waals surface area contributed by atoms with E-state index in [9.17, 15) is 9.90 Å². The first kappa shape index (κ1) is 21.8. The molecule has 1 aliphatic heterocycles.